The molecule has 8 rings (SSSR count). The van der Waals surface area contributed by atoms with Crippen molar-refractivity contribution >= 4 is 53.0 Å². The van der Waals surface area contributed by atoms with E-state index in [1.54, 1.807) is 16.1 Å². The number of hydrogen-bond acceptors (Lipinski definition) is 12. The molecule has 2 aromatic carbocycles. The first-order valence-corrected chi connectivity index (χ1v) is 26.4. The van der Waals surface area contributed by atoms with Crippen LogP contribution in [0.2, 0.25) is 0 Å². The lowest BCUT2D eigenvalue weighted by Gasteiger charge is -2.48. The van der Waals surface area contributed by atoms with Gasteiger partial charge in [0.1, 0.15) is 29.6 Å². The van der Waals surface area contributed by atoms with Gasteiger partial charge in [0.05, 0.1) is 17.8 Å². The zero-order valence-corrected chi connectivity index (χ0v) is 42.7. The second kappa shape index (κ2) is 23.8. The molecule has 390 valence electrons. The largest absolute Gasteiger partial charge is 0.370 e. The number of piperazine rings is 2. The molecule has 1 aromatic heterocycles. The van der Waals surface area contributed by atoms with Crippen molar-refractivity contribution in [2.45, 2.75) is 135 Å². The Bertz CT molecular complexity index is 2400. The number of aromatic nitrogens is 2. The highest BCUT2D eigenvalue weighted by atomic mass is 19.1. The maximum atomic E-state index is 15.7. The lowest BCUT2D eigenvalue weighted by atomic mass is 9.82. The van der Waals surface area contributed by atoms with Gasteiger partial charge in [-0.15, -0.1) is 0 Å². The molecule has 4 fully saturated rings. The number of amides is 5. The molecule has 5 aliphatic rings. The van der Waals surface area contributed by atoms with Crippen molar-refractivity contribution in [1.29, 1.82) is 0 Å². The van der Waals surface area contributed by atoms with Gasteiger partial charge in [0, 0.05) is 113 Å². The predicted molar refractivity (Wildman–Crippen MR) is 275 cm³/mol. The lowest BCUT2D eigenvalue weighted by Crippen LogP contribution is -2.66. The topological polar surface area (TPSA) is 167 Å². The number of carbonyl (C=O) groups is 5. The summed E-state index contributed by atoms with van der Waals surface area (Å²) in [4.78, 5) is 82.6. The van der Waals surface area contributed by atoms with Crippen LogP contribution in [0.5, 0.6) is 0 Å². The van der Waals surface area contributed by atoms with Gasteiger partial charge in [0.2, 0.25) is 24.1 Å². The number of benzene rings is 2. The lowest BCUT2D eigenvalue weighted by molar-refractivity contribution is -0.131. The molecule has 18 heteroatoms. The Balaban J connectivity index is 0.678. The van der Waals surface area contributed by atoms with Gasteiger partial charge in [0.25, 0.3) is 5.91 Å². The van der Waals surface area contributed by atoms with Crippen LogP contribution in [0.4, 0.5) is 31.8 Å². The molecule has 0 aliphatic carbocycles. The van der Waals surface area contributed by atoms with Crippen molar-refractivity contribution in [3.05, 3.63) is 71.1 Å². The van der Waals surface area contributed by atoms with E-state index in [0.717, 1.165) is 113 Å². The Morgan fingerprint density at radius 3 is 2.25 bits per heavy atom. The number of likely N-dealkylation sites (tertiary alicyclic amines) is 1. The molecule has 16 nitrogen and oxygen atoms in total. The standard InChI is InChI=1S/C54H75F2N11O5/c1-39(12-15-49(69)60-38-68)67-34-40-29-42(13-14-43(40)52(67)72)63-25-27-65(28-26-63)51(71)11-9-7-5-4-6-8-10-20-57-47-32-48(59-37-58-47)64-23-18-54(19-24-64)36-66(35-50(70)61-54)46-31-44(55)41(30-45(46)56)33-62-21-16-53(2,3)17-22-62/h13-14,29-32,37-39H,4-12,15-28,33-36H2,1-3H3,(H,61,70)(H,57,58,59)(H,60,68,69). The highest BCUT2D eigenvalue weighted by Gasteiger charge is 2.42. The molecule has 6 heterocycles. The van der Waals surface area contributed by atoms with Crippen molar-refractivity contribution in [2.75, 3.05) is 92.0 Å². The van der Waals surface area contributed by atoms with Gasteiger partial charge in [-0.2, -0.15) is 0 Å². The number of anilines is 4. The van der Waals surface area contributed by atoms with E-state index in [1.165, 1.54) is 12.1 Å². The van der Waals surface area contributed by atoms with Gasteiger partial charge >= 0.3 is 0 Å². The van der Waals surface area contributed by atoms with Crippen molar-refractivity contribution in [1.82, 2.24) is 35.3 Å². The monoisotopic (exact) mass is 996 g/mol. The summed E-state index contributed by atoms with van der Waals surface area (Å²) >= 11 is 0. The summed E-state index contributed by atoms with van der Waals surface area (Å²) in [5, 5.41) is 8.81. The van der Waals surface area contributed by atoms with Gasteiger partial charge in [-0.25, -0.2) is 18.7 Å². The summed E-state index contributed by atoms with van der Waals surface area (Å²) in [6.07, 6.45) is 13.9. The zero-order chi connectivity index (χ0) is 50.8. The van der Waals surface area contributed by atoms with E-state index in [9.17, 15) is 24.0 Å². The molecule has 5 amide bonds. The Hall–Kier alpha value is -5.91. The fourth-order valence-electron chi connectivity index (χ4n) is 11.1. The summed E-state index contributed by atoms with van der Waals surface area (Å²) in [6, 6.07) is 10.4. The molecule has 1 unspecified atom stereocenters. The van der Waals surface area contributed by atoms with E-state index in [4.69, 9.17) is 0 Å². The first-order chi connectivity index (χ1) is 34.7. The molecule has 4 saturated heterocycles. The van der Waals surface area contributed by atoms with Gasteiger partial charge in [-0.05, 0) is 100 Å². The van der Waals surface area contributed by atoms with E-state index in [1.807, 2.05) is 30.0 Å². The second-order valence-corrected chi connectivity index (χ2v) is 21.6. The van der Waals surface area contributed by atoms with Crippen molar-refractivity contribution in [2.24, 2.45) is 5.41 Å². The smallest absolute Gasteiger partial charge is 0.254 e. The van der Waals surface area contributed by atoms with Gasteiger partial charge in [0.15, 0.2) is 0 Å². The fourth-order valence-corrected chi connectivity index (χ4v) is 11.1. The number of hydrogen-bond donors (Lipinski definition) is 3. The summed E-state index contributed by atoms with van der Waals surface area (Å²) in [6.45, 7) is 14.3. The van der Waals surface area contributed by atoms with E-state index < -0.39 is 17.2 Å². The number of carbonyl (C=O) groups excluding carboxylic acids is 5. The maximum absolute atomic E-state index is 15.7. The van der Waals surface area contributed by atoms with Crippen molar-refractivity contribution < 1.29 is 32.8 Å². The highest BCUT2D eigenvalue weighted by Crippen LogP contribution is 2.35. The van der Waals surface area contributed by atoms with E-state index in [-0.39, 0.29) is 53.7 Å². The molecule has 3 aromatic rings. The van der Waals surface area contributed by atoms with Crippen molar-refractivity contribution in [3.8, 4) is 0 Å². The Labute approximate surface area is 423 Å². The Morgan fingerprint density at radius 1 is 0.792 bits per heavy atom. The third-order valence-corrected chi connectivity index (χ3v) is 15.8. The molecule has 0 radical (unpaired) electrons. The molecule has 1 spiro atoms. The number of piperidine rings is 2. The number of unbranched alkanes of at least 4 members (excludes halogenated alkanes) is 6. The number of halogens is 2. The van der Waals surface area contributed by atoms with Crippen LogP contribution in [0.15, 0.2) is 42.7 Å². The maximum Gasteiger partial charge on any atom is 0.254 e. The highest BCUT2D eigenvalue weighted by molar-refractivity contribution is 5.99. The zero-order valence-electron chi connectivity index (χ0n) is 42.7. The van der Waals surface area contributed by atoms with Crippen LogP contribution in [0, 0.1) is 17.0 Å². The van der Waals surface area contributed by atoms with E-state index in [0.29, 0.717) is 89.0 Å². The van der Waals surface area contributed by atoms with E-state index >= 15 is 8.78 Å². The molecule has 3 N–H and O–H groups in total. The van der Waals surface area contributed by atoms with Crippen LogP contribution >= 0.6 is 0 Å². The average molecular weight is 996 g/mol. The fraction of sp³-hybridized carbons (Fsp3) is 0.611. The minimum absolute atomic E-state index is 0.0157. The van der Waals surface area contributed by atoms with Crippen molar-refractivity contribution in [3.63, 3.8) is 0 Å². The second-order valence-electron chi connectivity index (χ2n) is 21.6. The number of rotatable bonds is 21. The predicted octanol–water partition coefficient (Wildman–Crippen LogP) is 6.63. The van der Waals surface area contributed by atoms with Crippen LogP contribution in [0.3, 0.4) is 0 Å². The summed E-state index contributed by atoms with van der Waals surface area (Å²) in [5.74, 6) is 0.302. The molecule has 1 atom stereocenters. The Kier molecular flexibility index (Phi) is 17.3. The van der Waals surface area contributed by atoms with Gasteiger partial charge in [-0.3, -0.25) is 34.2 Å². The summed E-state index contributed by atoms with van der Waals surface area (Å²) in [7, 11) is 0. The van der Waals surface area contributed by atoms with Crippen LogP contribution in [-0.2, 0) is 32.3 Å². The molecule has 5 aliphatic heterocycles. The SMILES string of the molecule is CC(CCC(=O)NC=O)N1Cc2cc(N3CCN(C(=O)CCCCCCCCCNc4cc(N5CCC6(CC5)CN(c5cc(F)c(CN7CCC(C)(C)CC7)cc5F)CC(=O)N6)ncn4)CC3)ccc2C1=O. The molecular formula is C54H75F2N11O5. The first kappa shape index (κ1) is 52.4. The summed E-state index contributed by atoms with van der Waals surface area (Å²) < 4.78 is 31.2. The van der Waals surface area contributed by atoms with Gasteiger partial charge in [-0.1, -0.05) is 46.0 Å². The normalized spacial score (nSPS) is 19.3. The van der Waals surface area contributed by atoms with Crippen LogP contribution < -0.4 is 30.7 Å². The third-order valence-electron chi connectivity index (χ3n) is 15.8. The molecular weight excluding hydrogens is 921 g/mol. The quantitative estimate of drug-likeness (QED) is 0.0772. The molecule has 0 saturated carbocycles. The number of nitrogens with one attached hydrogen (secondary N) is 3. The van der Waals surface area contributed by atoms with Crippen LogP contribution in [-0.4, -0.2) is 138 Å². The van der Waals surface area contributed by atoms with E-state index in [2.05, 4.69) is 60.5 Å². The number of nitrogens with zero attached hydrogens (tertiary/aromatic N) is 8. The minimum Gasteiger partial charge on any atom is -0.370 e. The average Bonchev–Trinajstić information content (AvgIpc) is 3.70. The number of fused-ring (bicyclic) bond motifs is 1. The summed E-state index contributed by atoms with van der Waals surface area (Å²) in [5.41, 5.74) is 2.92. The van der Waals surface area contributed by atoms with Crippen LogP contribution in [0.1, 0.15) is 132 Å². The number of imide groups is 1. The molecule has 0 bridgehead atoms. The molecule has 72 heavy (non-hydrogen) atoms. The van der Waals surface area contributed by atoms with Crippen LogP contribution in [0.25, 0.3) is 0 Å². The Morgan fingerprint density at radius 2 is 1.51 bits per heavy atom. The van der Waals surface area contributed by atoms with Gasteiger partial charge < -0.3 is 35.1 Å². The third kappa shape index (κ3) is 13.4. The first-order valence-electron chi connectivity index (χ1n) is 26.4. The minimum atomic E-state index is -0.552.